The van der Waals surface area contributed by atoms with Crippen LogP contribution in [-0.4, -0.2) is 18.0 Å². The van der Waals surface area contributed by atoms with E-state index in [4.69, 9.17) is 4.74 Å². The van der Waals surface area contributed by atoms with Crippen LogP contribution in [0.25, 0.3) is 5.57 Å². The number of ether oxygens (including phenoxy) is 1. The van der Waals surface area contributed by atoms with Gasteiger partial charge in [-0.05, 0) is 25.1 Å². The molecule has 0 aliphatic heterocycles. The second-order valence-corrected chi connectivity index (χ2v) is 5.56. The van der Waals surface area contributed by atoms with E-state index < -0.39 is 0 Å². The molecule has 0 bridgehead atoms. The van der Waals surface area contributed by atoms with E-state index in [9.17, 15) is 10.1 Å². The zero-order valence-electron chi connectivity index (χ0n) is 13.0. The maximum Gasteiger partial charge on any atom is 0.221 e. The number of aryl methyl sites for hydroxylation is 1. The van der Waals surface area contributed by atoms with Crippen LogP contribution in [0.2, 0.25) is 0 Å². The minimum absolute atomic E-state index is 0.160. The summed E-state index contributed by atoms with van der Waals surface area (Å²) >= 11 is 1.41. The number of hydrogen-bond donors (Lipinski definition) is 2. The molecule has 6 nitrogen and oxygen atoms in total. The van der Waals surface area contributed by atoms with Gasteiger partial charge >= 0.3 is 0 Å². The molecule has 7 heteroatoms. The first kappa shape index (κ1) is 16.5. The van der Waals surface area contributed by atoms with Crippen LogP contribution in [0.15, 0.2) is 29.8 Å². The first-order chi connectivity index (χ1) is 11.0. The van der Waals surface area contributed by atoms with Crippen LogP contribution in [0.3, 0.4) is 0 Å². The number of nitrogens with zero attached hydrogens (tertiary/aromatic N) is 2. The Bertz CT molecular complexity index is 790. The largest absolute Gasteiger partial charge is 0.495 e. The summed E-state index contributed by atoms with van der Waals surface area (Å²) in [6.07, 6.45) is 1.58. The fraction of sp³-hybridized carbons (Fsp3) is 0.188. The Morgan fingerprint density at radius 2 is 2.26 bits per heavy atom. The van der Waals surface area contributed by atoms with Gasteiger partial charge in [-0.3, -0.25) is 4.79 Å². The van der Waals surface area contributed by atoms with E-state index >= 15 is 0 Å². The Hall–Kier alpha value is -2.85. The highest BCUT2D eigenvalue weighted by Gasteiger charge is 2.08. The number of amides is 1. The topological polar surface area (TPSA) is 87.0 Å². The smallest absolute Gasteiger partial charge is 0.221 e. The third-order valence-corrected chi connectivity index (χ3v) is 3.86. The second-order valence-electron chi connectivity index (χ2n) is 4.70. The summed E-state index contributed by atoms with van der Waals surface area (Å²) in [5.74, 6) is 0.440. The third kappa shape index (κ3) is 4.31. The van der Waals surface area contributed by atoms with Gasteiger partial charge in [-0.1, -0.05) is 0 Å². The Kier molecular flexibility index (Phi) is 5.33. The number of thiazole rings is 1. The van der Waals surface area contributed by atoms with Crippen molar-refractivity contribution in [2.24, 2.45) is 0 Å². The first-order valence-corrected chi connectivity index (χ1v) is 7.66. The molecule has 0 saturated heterocycles. The Morgan fingerprint density at radius 1 is 1.48 bits per heavy atom. The van der Waals surface area contributed by atoms with Gasteiger partial charge in [0, 0.05) is 29.9 Å². The van der Waals surface area contributed by atoms with Crippen molar-refractivity contribution in [3.05, 3.63) is 40.5 Å². The molecule has 1 aromatic heterocycles. The van der Waals surface area contributed by atoms with Gasteiger partial charge in [0.2, 0.25) is 5.91 Å². The average molecular weight is 328 g/mol. The molecule has 2 N–H and O–H groups in total. The van der Waals surface area contributed by atoms with Crippen molar-refractivity contribution < 1.29 is 9.53 Å². The minimum atomic E-state index is -0.160. The Morgan fingerprint density at radius 3 is 2.83 bits per heavy atom. The highest BCUT2D eigenvalue weighted by molar-refractivity contribution is 7.10. The number of nitrogens with one attached hydrogen (secondary N) is 2. The number of nitriles is 1. The maximum absolute atomic E-state index is 11.2. The normalized spacial score (nSPS) is 10.8. The number of anilines is 2. The van der Waals surface area contributed by atoms with Gasteiger partial charge < -0.3 is 15.4 Å². The SMILES string of the molecule is COc1ccc(NC(C)=O)cc1N/C=C(\C#N)c1nc(C)cs1. The van der Waals surface area contributed by atoms with Crippen molar-refractivity contribution in [1.29, 1.82) is 5.26 Å². The number of allylic oxidation sites excluding steroid dienone is 1. The summed E-state index contributed by atoms with van der Waals surface area (Å²) < 4.78 is 5.28. The van der Waals surface area contributed by atoms with Crippen molar-refractivity contribution in [3.8, 4) is 11.8 Å². The van der Waals surface area contributed by atoms with Gasteiger partial charge in [0.1, 0.15) is 22.4 Å². The lowest BCUT2D eigenvalue weighted by atomic mass is 10.2. The number of hydrogen-bond acceptors (Lipinski definition) is 6. The Labute approximate surface area is 138 Å². The van der Waals surface area contributed by atoms with Gasteiger partial charge in [-0.2, -0.15) is 5.26 Å². The van der Waals surface area contributed by atoms with Crippen molar-refractivity contribution in [1.82, 2.24) is 4.98 Å². The molecule has 1 amide bonds. The lowest BCUT2D eigenvalue weighted by Gasteiger charge is -2.11. The van der Waals surface area contributed by atoms with Crippen LogP contribution in [0.5, 0.6) is 5.75 Å². The van der Waals surface area contributed by atoms with Crippen LogP contribution in [0.1, 0.15) is 17.6 Å². The van der Waals surface area contributed by atoms with E-state index in [0.29, 0.717) is 27.7 Å². The van der Waals surface area contributed by atoms with E-state index in [2.05, 4.69) is 21.7 Å². The minimum Gasteiger partial charge on any atom is -0.495 e. The number of rotatable bonds is 5. The van der Waals surface area contributed by atoms with Gasteiger partial charge in [0.15, 0.2) is 0 Å². The van der Waals surface area contributed by atoms with Crippen LogP contribution < -0.4 is 15.4 Å². The van der Waals surface area contributed by atoms with E-state index in [1.54, 1.807) is 31.5 Å². The van der Waals surface area contributed by atoms with Gasteiger partial charge in [-0.25, -0.2) is 4.98 Å². The molecule has 2 aromatic rings. The van der Waals surface area contributed by atoms with Crippen LogP contribution in [0.4, 0.5) is 11.4 Å². The second kappa shape index (κ2) is 7.42. The molecule has 1 aromatic carbocycles. The molecule has 0 atom stereocenters. The van der Waals surface area contributed by atoms with Crippen LogP contribution >= 0.6 is 11.3 Å². The van der Waals surface area contributed by atoms with Crippen LogP contribution in [-0.2, 0) is 4.79 Å². The molecular weight excluding hydrogens is 312 g/mol. The van der Waals surface area contributed by atoms with Crippen molar-refractivity contribution in [2.45, 2.75) is 13.8 Å². The monoisotopic (exact) mass is 328 g/mol. The molecule has 0 aliphatic carbocycles. The van der Waals surface area contributed by atoms with Crippen molar-refractivity contribution >= 4 is 34.2 Å². The quantitative estimate of drug-likeness (QED) is 0.822. The van der Waals surface area contributed by atoms with Gasteiger partial charge in [0.25, 0.3) is 0 Å². The zero-order chi connectivity index (χ0) is 16.8. The molecule has 0 fully saturated rings. The van der Waals surface area contributed by atoms with Crippen LogP contribution in [0, 0.1) is 18.3 Å². The van der Waals surface area contributed by atoms with Gasteiger partial charge in [-0.15, -0.1) is 11.3 Å². The highest BCUT2D eigenvalue weighted by Crippen LogP contribution is 2.29. The number of carbonyl (C=O) groups is 1. The molecule has 0 radical (unpaired) electrons. The number of benzene rings is 1. The summed E-state index contributed by atoms with van der Waals surface area (Å²) in [7, 11) is 1.55. The summed E-state index contributed by atoms with van der Waals surface area (Å²) in [5.41, 5.74) is 2.57. The summed E-state index contributed by atoms with van der Waals surface area (Å²) in [5, 5.41) is 17.6. The molecule has 0 aliphatic rings. The number of aromatic nitrogens is 1. The number of carbonyl (C=O) groups excluding carboxylic acids is 1. The molecule has 1 heterocycles. The summed E-state index contributed by atoms with van der Waals surface area (Å²) in [6, 6.07) is 7.33. The zero-order valence-corrected chi connectivity index (χ0v) is 13.8. The number of methoxy groups -OCH3 is 1. The van der Waals surface area contributed by atoms with Crippen molar-refractivity contribution in [3.63, 3.8) is 0 Å². The predicted molar refractivity (Wildman–Crippen MR) is 91.4 cm³/mol. The molecule has 0 spiro atoms. The molecule has 0 unspecified atom stereocenters. The first-order valence-electron chi connectivity index (χ1n) is 6.78. The molecule has 2 rings (SSSR count). The molecule has 23 heavy (non-hydrogen) atoms. The van der Waals surface area contributed by atoms with E-state index in [1.165, 1.54) is 18.3 Å². The van der Waals surface area contributed by atoms with E-state index in [0.717, 1.165) is 5.69 Å². The summed E-state index contributed by atoms with van der Waals surface area (Å²) in [6.45, 7) is 3.32. The van der Waals surface area contributed by atoms with Gasteiger partial charge in [0.05, 0.1) is 12.8 Å². The fourth-order valence-corrected chi connectivity index (χ4v) is 2.63. The highest BCUT2D eigenvalue weighted by atomic mass is 32.1. The van der Waals surface area contributed by atoms with E-state index in [1.807, 2.05) is 12.3 Å². The standard InChI is InChI=1S/C16H16N4O2S/c1-10-9-23-16(19-10)12(7-17)8-18-14-6-13(20-11(2)21)4-5-15(14)22-3/h4-6,8-9,18H,1-3H3,(H,20,21)/b12-8+. The molecular formula is C16H16N4O2S. The average Bonchev–Trinajstić information content (AvgIpc) is 2.94. The van der Waals surface area contributed by atoms with Crippen molar-refractivity contribution in [2.75, 3.05) is 17.7 Å². The molecule has 118 valence electrons. The maximum atomic E-state index is 11.2. The predicted octanol–water partition coefficient (Wildman–Crippen LogP) is 3.40. The van der Waals surface area contributed by atoms with E-state index in [-0.39, 0.29) is 5.91 Å². The molecule has 0 saturated carbocycles. The Balaban J connectivity index is 2.28. The fourth-order valence-electron chi connectivity index (χ4n) is 1.87. The lowest BCUT2D eigenvalue weighted by Crippen LogP contribution is -2.06. The summed E-state index contributed by atoms with van der Waals surface area (Å²) in [4.78, 5) is 15.4. The third-order valence-electron chi connectivity index (χ3n) is 2.86. The lowest BCUT2D eigenvalue weighted by molar-refractivity contribution is -0.114.